The fraction of sp³-hybridized carbons (Fsp3) is 1.00. The third kappa shape index (κ3) is 4.48. The summed E-state index contributed by atoms with van der Waals surface area (Å²) in [5, 5.41) is 3.44. The number of hydrogen-bond acceptors (Lipinski definition) is 2. The van der Waals surface area contributed by atoms with Crippen molar-refractivity contribution in [3.8, 4) is 0 Å². The highest BCUT2D eigenvalue weighted by molar-refractivity contribution is 5.85. The van der Waals surface area contributed by atoms with E-state index in [9.17, 15) is 0 Å². The predicted octanol–water partition coefficient (Wildman–Crippen LogP) is 2.31. The molecule has 0 aromatic carbocycles. The first kappa shape index (κ1) is 15.5. The molecule has 0 aliphatic carbocycles. The maximum atomic E-state index is 3.44. The molecule has 2 fully saturated rings. The van der Waals surface area contributed by atoms with Gasteiger partial charge in [-0.25, -0.2) is 0 Å². The van der Waals surface area contributed by atoms with Gasteiger partial charge < -0.3 is 10.2 Å². The Hall–Kier alpha value is 0.500. The van der Waals surface area contributed by atoms with E-state index >= 15 is 0 Å². The smallest absolute Gasteiger partial charge is 0.0119 e. The second-order valence-corrected chi connectivity index (χ2v) is 4.72. The molecule has 2 saturated heterocycles. The van der Waals surface area contributed by atoms with Gasteiger partial charge in [0.15, 0.2) is 0 Å². The lowest BCUT2D eigenvalue weighted by atomic mass is 9.96. The molecule has 0 aromatic heterocycles. The first-order chi connectivity index (χ1) is 6.36. The lowest BCUT2D eigenvalue weighted by Crippen LogP contribution is -2.47. The Balaban J connectivity index is 0.000000980. The van der Waals surface area contributed by atoms with Crippen LogP contribution >= 0.6 is 24.8 Å². The molecule has 0 aromatic rings. The van der Waals surface area contributed by atoms with Crippen molar-refractivity contribution in [2.75, 3.05) is 26.2 Å². The van der Waals surface area contributed by atoms with Crippen LogP contribution in [0.4, 0.5) is 0 Å². The van der Waals surface area contributed by atoms with Crippen LogP contribution < -0.4 is 5.32 Å². The van der Waals surface area contributed by atoms with Crippen LogP contribution in [0.15, 0.2) is 0 Å². The lowest BCUT2D eigenvalue weighted by Gasteiger charge is -2.39. The Morgan fingerprint density at radius 1 is 1.07 bits per heavy atom. The van der Waals surface area contributed by atoms with Gasteiger partial charge in [-0.1, -0.05) is 6.92 Å². The summed E-state index contributed by atoms with van der Waals surface area (Å²) in [6.45, 7) is 7.57. The Morgan fingerprint density at radius 3 is 2.33 bits per heavy atom. The molecule has 4 heteroatoms. The van der Waals surface area contributed by atoms with Crippen molar-refractivity contribution in [1.82, 2.24) is 10.2 Å². The maximum Gasteiger partial charge on any atom is 0.0119 e. The van der Waals surface area contributed by atoms with Crippen LogP contribution in [-0.2, 0) is 0 Å². The zero-order chi connectivity index (χ0) is 9.10. The summed E-state index contributed by atoms with van der Waals surface area (Å²) >= 11 is 0. The SMILES string of the molecule is CC1CCCN(C2CCNCC2)C1.Cl.Cl. The molecule has 92 valence electrons. The van der Waals surface area contributed by atoms with Crippen LogP contribution in [0.25, 0.3) is 0 Å². The van der Waals surface area contributed by atoms with E-state index in [4.69, 9.17) is 0 Å². The number of halogens is 2. The summed E-state index contributed by atoms with van der Waals surface area (Å²) in [6, 6.07) is 0.893. The highest BCUT2D eigenvalue weighted by atomic mass is 35.5. The van der Waals surface area contributed by atoms with Gasteiger partial charge in [0.05, 0.1) is 0 Å². The van der Waals surface area contributed by atoms with E-state index in [-0.39, 0.29) is 24.8 Å². The summed E-state index contributed by atoms with van der Waals surface area (Å²) in [7, 11) is 0. The average molecular weight is 255 g/mol. The Bertz CT molecular complexity index is 161. The van der Waals surface area contributed by atoms with Crippen LogP contribution in [-0.4, -0.2) is 37.1 Å². The van der Waals surface area contributed by atoms with Gasteiger partial charge in [0.2, 0.25) is 0 Å². The second-order valence-electron chi connectivity index (χ2n) is 4.72. The molecule has 0 amide bonds. The van der Waals surface area contributed by atoms with Crippen molar-refractivity contribution in [1.29, 1.82) is 0 Å². The molecule has 2 nitrogen and oxygen atoms in total. The predicted molar refractivity (Wildman–Crippen MR) is 70.4 cm³/mol. The first-order valence-electron chi connectivity index (χ1n) is 5.81. The molecule has 0 spiro atoms. The molecule has 2 rings (SSSR count). The molecule has 2 heterocycles. The van der Waals surface area contributed by atoms with Gasteiger partial charge in [0.25, 0.3) is 0 Å². The lowest BCUT2D eigenvalue weighted by molar-refractivity contribution is 0.108. The van der Waals surface area contributed by atoms with Crippen LogP contribution in [0, 0.1) is 5.92 Å². The Kier molecular flexibility index (Phi) is 7.98. The minimum absolute atomic E-state index is 0. The molecule has 0 radical (unpaired) electrons. The largest absolute Gasteiger partial charge is 0.317 e. The van der Waals surface area contributed by atoms with Crippen molar-refractivity contribution in [3.05, 3.63) is 0 Å². The number of nitrogens with zero attached hydrogens (tertiary/aromatic N) is 1. The topological polar surface area (TPSA) is 15.3 Å². The van der Waals surface area contributed by atoms with Crippen molar-refractivity contribution in [3.63, 3.8) is 0 Å². The van der Waals surface area contributed by atoms with Gasteiger partial charge >= 0.3 is 0 Å². The van der Waals surface area contributed by atoms with E-state index in [1.807, 2.05) is 0 Å². The molecule has 1 unspecified atom stereocenters. The third-order valence-corrected chi connectivity index (χ3v) is 3.51. The number of rotatable bonds is 1. The molecule has 2 aliphatic rings. The van der Waals surface area contributed by atoms with Crippen LogP contribution in [0.3, 0.4) is 0 Å². The summed E-state index contributed by atoms with van der Waals surface area (Å²) < 4.78 is 0. The minimum atomic E-state index is 0. The maximum absolute atomic E-state index is 3.44. The highest BCUT2D eigenvalue weighted by Gasteiger charge is 2.24. The molecular weight excluding hydrogens is 231 g/mol. The molecule has 2 aliphatic heterocycles. The van der Waals surface area contributed by atoms with Crippen molar-refractivity contribution < 1.29 is 0 Å². The molecule has 0 saturated carbocycles. The van der Waals surface area contributed by atoms with Crippen molar-refractivity contribution in [2.24, 2.45) is 5.92 Å². The molecule has 1 atom stereocenters. The van der Waals surface area contributed by atoms with E-state index in [1.165, 1.54) is 51.9 Å². The van der Waals surface area contributed by atoms with E-state index < -0.39 is 0 Å². The summed E-state index contributed by atoms with van der Waals surface area (Å²) in [5.41, 5.74) is 0. The summed E-state index contributed by atoms with van der Waals surface area (Å²) in [6.07, 6.45) is 5.60. The summed E-state index contributed by atoms with van der Waals surface area (Å²) in [4.78, 5) is 2.73. The minimum Gasteiger partial charge on any atom is -0.317 e. The number of nitrogens with one attached hydrogen (secondary N) is 1. The molecule has 15 heavy (non-hydrogen) atoms. The van der Waals surface area contributed by atoms with E-state index in [2.05, 4.69) is 17.1 Å². The van der Waals surface area contributed by atoms with Crippen molar-refractivity contribution in [2.45, 2.75) is 38.6 Å². The van der Waals surface area contributed by atoms with Crippen molar-refractivity contribution >= 4 is 24.8 Å². The number of likely N-dealkylation sites (tertiary alicyclic amines) is 1. The Labute approximate surface area is 106 Å². The third-order valence-electron chi connectivity index (χ3n) is 3.51. The zero-order valence-electron chi connectivity index (χ0n) is 9.58. The van der Waals surface area contributed by atoms with E-state index in [1.54, 1.807) is 0 Å². The second kappa shape index (κ2) is 7.72. The normalized spacial score (nSPS) is 29.0. The number of hydrogen-bond donors (Lipinski definition) is 1. The molecule has 1 N–H and O–H groups in total. The van der Waals surface area contributed by atoms with Crippen LogP contribution in [0.5, 0.6) is 0 Å². The van der Waals surface area contributed by atoms with Gasteiger partial charge in [0.1, 0.15) is 0 Å². The average Bonchev–Trinajstić information content (AvgIpc) is 2.19. The fourth-order valence-corrected chi connectivity index (χ4v) is 2.73. The monoisotopic (exact) mass is 254 g/mol. The van der Waals surface area contributed by atoms with Crippen LogP contribution in [0.2, 0.25) is 0 Å². The Morgan fingerprint density at radius 2 is 1.73 bits per heavy atom. The van der Waals surface area contributed by atoms with Gasteiger partial charge in [-0.3, -0.25) is 0 Å². The molecule has 0 bridgehead atoms. The zero-order valence-corrected chi connectivity index (χ0v) is 11.2. The first-order valence-corrected chi connectivity index (χ1v) is 5.81. The summed E-state index contributed by atoms with van der Waals surface area (Å²) in [5.74, 6) is 0.934. The van der Waals surface area contributed by atoms with Gasteiger partial charge in [0, 0.05) is 12.6 Å². The van der Waals surface area contributed by atoms with Gasteiger partial charge in [-0.2, -0.15) is 0 Å². The molecular formula is C11H24Cl2N2. The quantitative estimate of drug-likeness (QED) is 0.773. The standard InChI is InChI=1S/C11H22N2.2ClH/c1-10-3-2-8-13(9-10)11-4-6-12-7-5-11;;/h10-12H,2-9H2,1H3;2*1H. The van der Waals surface area contributed by atoms with Gasteiger partial charge in [-0.15, -0.1) is 24.8 Å². The van der Waals surface area contributed by atoms with E-state index in [0.717, 1.165) is 12.0 Å². The highest BCUT2D eigenvalue weighted by Crippen LogP contribution is 2.21. The van der Waals surface area contributed by atoms with Crippen LogP contribution in [0.1, 0.15) is 32.6 Å². The number of piperidine rings is 2. The van der Waals surface area contributed by atoms with E-state index in [0.29, 0.717) is 0 Å². The van der Waals surface area contributed by atoms with Gasteiger partial charge in [-0.05, 0) is 51.2 Å². The fourth-order valence-electron chi connectivity index (χ4n) is 2.73.